The second-order valence-electron chi connectivity index (χ2n) is 4.86. The third-order valence-electron chi connectivity index (χ3n) is 2.64. The van der Waals surface area contributed by atoms with Crippen molar-refractivity contribution in [3.05, 3.63) is 15.8 Å². The molecule has 0 aliphatic heterocycles. The molecule has 1 heterocycles. The minimum atomic E-state index is -0.365. The molecule has 0 spiro atoms. The standard InChI is InChI=1S/C13H18N2O2S/c1-9-10(15)7-11(18-9)12(16)17-6-4-5-13(2,3)8-14/h7H,4-6,15H2,1-3H3. The smallest absolute Gasteiger partial charge is 0.348 e. The average Bonchev–Trinajstić information content (AvgIpc) is 2.65. The second kappa shape index (κ2) is 5.87. The Hall–Kier alpha value is -1.54. The fourth-order valence-electron chi connectivity index (χ4n) is 1.40. The molecule has 0 bridgehead atoms. The van der Waals surface area contributed by atoms with Gasteiger partial charge in [0.15, 0.2) is 0 Å². The number of aryl methyl sites for hydroxylation is 1. The summed E-state index contributed by atoms with van der Waals surface area (Å²) in [6.45, 7) is 5.95. The van der Waals surface area contributed by atoms with Crippen molar-refractivity contribution in [3.63, 3.8) is 0 Å². The van der Waals surface area contributed by atoms with Crippen LogP contribution in [-0.2, 0) is 4.74 Å². The molecule has 0 fully saturated rings. The number of nitrogens with two attached hydrogens (primary N) is 1. The molecule has 4 nitrogen and oxygen atoms in total. The molecular weight excluding hydrogens is 248 g/mol. The normalized spacial score (nSPS) is 11.0. The van der Waals surface area contributed by atoms with E-state index in [2.05, 4.69) is 6.07 Å². The Morgan fingerprint density at radius 3 is 2.78 bits per heavy atom. The number of nitrogens with zero attached hydrogens (tertiary/aromatic N) is 1. The Labute approximate surface area is 111 Å². The summed E-state index contributed by atoms with van der Waals surface area (Å²) >= 11 is 1.34. The molecule has 0 saturated carbocycles. The maximum atomic E-state index is 11.7. The van der Waals surface area contributed by atoms with Crippen LogP contribution in [0.25, 0.3) is 0 Å². The van der Waals surface area contributed by atoms with Gasteiger partial charge in [0, 0.05) is 10.6 Å². The lowest BCUT2D eigenvalue weighted by Gasteiger charge is -2.14. The van der Waals surface area contributed by atoms with Crippen molar-refractivity contribution in [2.75, 3.05) is 12.3 Å². The Bertz CT molecular complexity index is 452. The molecule has 2 N–H and O–H groups in total. The van der Waals surface area contributed by atoms with Gasteiger partial charge in [-0.05, 0) is 39.7 Å². The highest BCUT2D eigenvalue weighted by Crippen LogP contribution is 2.24. The molecule has 0 aliphatic rings. The molecule has 0 amide bonds. The average molecular weight is 266 g/mol. The van der Waals surface area contributed by atoms with Gasteiger partial charge in [0.2, 0.25) is 0 Å². The zero-order chi connectivity index (χ0) is 13.8. The van der Waals surface area contributed by atoms with E-state index < -0.39 is 0 Å². The first-order chi connectivity index (χ1) is 8.35. The zero-order valence-electron chi connectivity index (χ0n) is 10.9. The van der Waals surface area contributed by atoms with E-state index in [1.807, 2.05) is 20.8 Å². The van der Waals surface area contributed by atoms with Gasteiger partial charge in [0.25, 0.3) is 0 Å². The molecule has 0 radical (unpaired) electrons. The van der Waals surface area contributed by atoms with Crippen LogP contribution < -0.4 is 5.73 Å². The molecule has 1 aromatic rings. The van der Waals surface area contributed by atoms with Crippen molar-refractivity contribution in [3.8, 4) is 6.07 Å². The maximum Gasteiger partial charge on any atom is 0.348 e. The van der Waals surface area contributed by atoms with E-state index in [1.165, 1.54) is 11.3 Å². The monoisotopic (exact) mass is 266 g/mol. The van der Waals surface area contributed by atoms with Gasteiger partial charge in [-0.1, -0.05) is 0 Å². The highest BCUT2D eigenvalue weighted by atomic mass is 32.1. The van der Waals surface area contributed by atoms with Gasteiger partial charge in [-0.15, -0.1) is 11.3 Å². The lowest BCUT2D eigenvalue weighted by molar-refractivity contribution is 0.0497. The summed E-state index contributed by atoms with van der Waals surface area (Å²) in [6, 6.07) is 3.86. The SMILES string of the molecule is Cc1sc(C(=O)OCCCC(C)(C)C#N)cc1N. The first-order valence-corrected chi connectivity index (χ1v) is 6.61. The first-order valence-electron chi connectivity index (χ1n) is 5.80. The lowest BCUT2D eigenvalue weighted by atomic mass is 9.90. The first kappa shape index (κ1) is 14.5. The Morgan fingerprint density at radius 1 is 1.61 bits per heavy atom. The van der Waals surface area contributed by atoms with Crippen LogP contribution in [0.5, 0.6) is 0 Å². The predicted molar refractivity (Wildman–Crippen MR) is 72.4 cm³/mol. The summed E-state index contributed by atoms with van der Waals surface area (Å²) in [6.07, 6.45) is 1.40. The van der Waals surface area contributed by atoms with Crippen LogP contribution in [0.4, 0.5) is 5.69 Å². The zero-order valence-corrected chi connectivity index (χ0v) is 11.8. The molecule has 1 rings (SSSR count). The summed E-state index contributed by atoms with van der Waals surface area (Å²) in [5.41, 5.74) is 5.93. The number of nitrogen functional groups attached to an aromatic ring is 1. The van der Waals surface area contributed by atoms with Gasteiger partial charge in [-0.2, -0.15) is 5.26 Å². The van der Waals surface area contributed by atoms with E-state index >= 15 is 0 Å². The molecule has 98 valence electrons. The number of hydrogen-bond donors (Lipinski definition) is 1. The number of hydrogen-bond acceptors (Lipinski definition) is 5. The number of ether oxygens (including phenoxy) is 1. The predicted octanol–water partition coefficient (Wildman–Crippen LogP) is 3.13. The van der Waals surface area contributed by atoms with Crippen molar-refractivity contribution in [2.45, 2.75) is 33.6 Å². The Kier molecular flexibility index (Phi) is 4.74. The van der Waals surface area contributed by atoms with Gasteiger partial charge >= 0.3 is 5.97 Å². The molecule has 18 heavy (non-hydrogen) atoms. The number of rotatable bonds is 5. The number of esters is 1. The summed E-state index contributed by atoms with van der Waals surface area (Å²) in [5, 5.41) is 8.84. The summed E-state index contributed by atoms with van der Waals surface area (Å²) in [5.74, 6) is -0.338. The summed E-state index contributed by atoms with van der Waals surface area (Å²) in [7, 11) is 0. The van der Waals surface area contributed by atoms with Gasteiger partial charge in [-0.3, -0.25) is 0 Å². The van der Waals surface area contributed by atoms with E-state index in [0.29, 0.717) is 30.0 Å². The van der Waals surface area contributed by atoms with Crippen molar-refractivity contribution >= 4 is 23.0 Å². The largest absolute Gasteiger partial charge is 0.462 e. The number of nitriles is 1. The fraction of sp³-hybridized carbons (Fsp3) is 0.538. The summed E-state index contributed by atoms with van der Waals surface area (Å²) in [4.78, 5) is 13.1. The van der Waals surface area contributed by atoms with Crippen LogP contribution in [0.3, 0.4) is 0 Å². The third kappa shape index (κ3) is 4.04. The molecule has 0 atom stereocenters. The van der Waals surface area contributed by atoms with E-state index in [4.69, 9.17) is 15.7 Å². The fourth-order valence-corrected chi connectivity index (χ4v) is 2.24. The third-order valence-corrected chi connectivity index (χ3v) is 3.69. The van der Waals surface area contributed by atoms with Gasteiger partial charge < -0.3 is 10.5 Å². The number of anilines is 1. The molecule has 5 heteroatoms. The number of thiophene rings is 1. The van der Waals surface area contributed by atoms with Crippen molar-refractivity contribution < 1.29 is 9.53 Å². The van der Waals surface area contributed by atoms with Crippen LogP contribution in [0.1, 0.15) is 41.2 Å². The minimum absolute atomic E-state index is 0.334. The van der Waals surface area contributed by atoms with E-state index in [9.17, 15) is 4.79 Å². The molecule has 0 unspecified atom stereocenters. The second-order valence-corrected chi connectivity index (χ2v) is 6.11. The highest BCUT2D eigenvalue weighted by molar-refractivity contribution is 7.14. The number of carbonyl (C=O) groups is 1. The Balaban J connectivity index is 2.37. The lowest BCUT2D eigenvalue weighted by Crippen LogP contribution is -2.11. The van der Waals surface area contributed by atoms with Crippen LogP contribution in [-0.4, -0.2) is 12.6 Å². The van der Waals surface area contributed by atoms with Crippen molar-refractivity contribution in [2.24, 2.45) is 5.41 Å². The molecule has 1 aromatic heterocycles. The van der Waals surface area contributed by atoms with Gasteiger partial charge in [0.05, 0.1) is 18.1 Å². The Morgan fingerprint density at radius 2 is 2.28 bits per heavy atom. The van der Waals surface area contributed by atoms with E-state index in [0.717, 1.165) is 4.88 Å². The quantitative estimate of drug-likeness (QED) is 0.656. The molecule has 0 aliphatic carbocycles. The van der Waals surface area contributed by atoms with E-state index in [-0.39, 0.29) is 11.4 Å². The van der Waals surface area contributed by atoms with Gasteiger partial charge in [0.1, 0.15) is 4.88 Å². The van der Waals surface area contributed by atoms with Crippen molar-refractivity contribution in [1.29, 1.82) is 5.26 Å². The number of carbonyl (C=O) groups excluding carboxylic acids is 1. The van der Waals surface area contributed by atoms with Crippen molar-refractivity contribution in [1.82, 2.24) is 0 Å². The molecular formula is C13H18N2O2S. The van der Waals surface area contributed by atoms with E-state index in [1.54, 1.807) is 6.07 Å². The topological polar surface area (TPSA) is 76.1 Å². The van der Waals surface area contributed by atoms with Crippen LogP contribution in [0.2, 0.25) is 0 Å². The minimum Gasteiger partial charge on any atom is -0.462 e. The molecule has 0 saturated heterocycles. The maximum absolute atomic E-state index is 11.7. The van der Waals surface area contributed by atoms with Crippen LogP contribution >= 0.6 is 11.3 Å². The summed E-state index contributed by atoms with van der Waals surface area (Å²) < 4.78 is 5.14. The highest BCUT2D eigenvalue weighted by Gasteiger charge is 2.17. The molecule has 0 aromatic carbocycles. The van der Waals surface area contributed by atoms with Crippen LogP contribution in [0.15, 0.2) is 6.07 Å². The van der Waals surface area contributed by atoms with Crippen LogP contribution in [0, 0.1) is 23.7 Å². The van der Waals surface area contributed by atoms with Gasteiger partial charge in [-0.25, -0.2) is 4.79 Å².